The molecule has 0 spiro atoms. The van der Waals surface area contributed by atoms with Gasteiger partial charge in [0.25, 0.3) is 0 Å². The van der Waals surface area contributed by atoms with E-state index in [1.54, 1.807) is 0 Å². The molecule has 4 aromatic rings. The van der Waals surface area contributed by atoms with Crippen molar-refractivity contribution < 1.29 is 13.6 Å². The van der Waals surface area contributed by atoms with Crippen LogP contribution in [0.5, 0.6) is 0 Å². The number of hydrogen-bond acceptors (Lipinski definition) is 5. The summed E-state index contributed by atoms with van der Waals surface area (Å²) < 4.78 is 27.2. The molecule has 0 unspecified atom stereocenters. The first kappa shape index (κ1) is 21.3. The molecular weight excluding hydrogens is 442 g/mol. The molecule has 0 bridgehead atoms. The minimum atomic E-state index is -0.685. The van der Waals surface area contributed by atoms with Gasteiger partial charge in [-0.15, -0.1) is 0 Å². The number of para-hydroxylation sites is 1. The van der Waals surface area contributed by atoms with Gasteiger partial charge in [0, 0.05) is 24.5 Å². The Hall–Kier alpha value is -3.52. The van der Waals surface area contributed by atoms with Gasteiger partial charge in [0.1, 0.15) is 16.7 Å². The number of aromatic nitrogens is 2. The molecule has 0 fully saturated rings. The lowest BCUT2D eigenvalue weighted by atomic mass is 10.0. The maximum atomic E-state index is 13.9. The van der Waals surface area contributed by atoms with Gasteiger partial charge < -0.3 is 10.2 Å². The molecule has 5 rings (SSSR count). The predicted molar refractivity (Wildman–Crippen MR) is 126 cm³/mol. The topological polar surface area (TPSA) is 58.1 Å². The average Bonchev–Trinajstić information content (AvgIpc) is 2.84. The van der Waals surface area contributed by atoms with Crippen molar-refractivity contribution in [1.29, 1.82) is 0 Å². The van der Waals surface area contributed by atoms with Gasteiger partial charge in [0.05, 0.1) is 17.0 Å². The molecule has 1 aliphatic heterocycles. The molecule has 2 heterocycles. The van der Waals surface area contributed by atoms with Gasteiger partial charge in [0.15, 0.2) is 0 Å². The first-order chi connectivity index (χ1) is 16.1. The molecule has 0 radical (unpaired) electrons. The van der Waals surface area contributed by atoms with Crippen LogP contribution < -0.4 is 10.2 Å². The third-order valence-corrected chi connectivity index (χ3v) is 6.50. The number of carbonyl (C=O) groups excluding carboxylic acids is 1. The lowest BCUT2D eigenvalue weighted by Crippen LogP contribution is -2.31. The van der Waals surface area contributed by atoms with E-state index in [-0.39, 0.29) is 11.4 Å². The Morgan fingerprint density at radius 3 is 2.67 bits per heavy atom. The summed E-state index contributed by atoms with van der Waals surface area (Å²) in [6, 6.07) is 19.0. The van der Waals surface area contributed by atoms with Gasteiger partial charge in [-0.3, -0.25) is 4.79 Å². The van der Waals surface area contributed by atoms with Gasteiger partial charge >= 0.3 is 0 Å². The number of carbonyl (C=O) groups is 1. The molecule has 166 valence electrons. The number of rotatable bonds is 5. The van der Waals surface area contributed by atoms with Gasteiger partial charge in [-0.2, -0.15) is 0 Å². The molecule has 0 atom stereocenters. The van der Waals surface area contributed by atoms with Crippen LogP contribution in [-0.4, -0.2) is 28.2 Å². The minimum Gasteiger partial charge on any atom is -0.336 e. The summed E-state index contributed by atoms with van der Waals surface area (Å²) in [6.45, 7) is 1.52. The first-order valence-electron chi connectivity index (χ1n) is 10.5. The van der Waals surface area contributed by atoms with Gasteiger partial charge in [-0.1, -0.05) is 54.2 Å². The number of hydrogen-bond donors (Lipinski definition) is 1. The second-order valence-corrected chi connectivity index (χ2v) is 8.71. The third kappa shape index (κ3) is 4.66. The molecule has 5 nitrogen and oxygen atoms in total. The van der Waals surface area contributed by atoms with E-state index in [0.717, 1.165) is 48.6 Å². The summed E-state index contributed by atoms with van der Waals surface area (Å²) in [5, 5.41) is 3.94. The third-order valence-electron chi connectivity index (χ3n) is 5.51. The van der Waals surface area contributed by atoms with Crippen LogP contribution in [-0.2, 0) is 17.8 Å². The Balaban J connectivity index is 1.37. The zero-order valence-corrected chi connectivity index (χ0v) is 18.4. The largest absolute Gasteiger partial charge is 0.336 e. The van der Waals surface area contributed by atoms with E-state index in [2.05, 4.69) is 28.4 Å². The normalized spacial score (nSPS) is 13.1. The second kappa shape index (κ2) is 9.15. The molecule has 0 saturated heterocycles. The fourth-order valence-electron chi connectivity index (χ4n) is 3.87. The van der Waals surface area contributed by atoms with Crippen molar-refractivity contribution in [2.45, 2.75) is 18.0 Å². The lowest BCUT2D eigenvalue weighted by molar-refractivity contribution is -0.113. The van der Waals surface area contributed by atoms with Crippen molar-refractivity contribution in [3.63, 3.8) is 0 Å². The monoisotopic (exact) mass is 462 g/mol. The van der Waals surface area contributed by atoms with Gasteiger partial charge in [-0.05, 0) is 35.7 Å². The number of halogens is 2. The molecule has 0 saturated carbocycles. The molecule has 8 heteroatoms. The van der Waals surface area contributed by atoms with Crippen LogP contribution in [0.1, 0.15) is 11.1 Å². The summed E-state index contributed by atoms with van der Waals surface area (Å²) in [6.07, 6.45) is 0.913. The van der Waals surface area contributed by atoms with Crippen LogP contribution in [0, 0.1) is 11.6 Å². The fraction of sp³-hybridized carbons (Fsp3) is 0.160. The van der Waals surface area contributed by atoms with Gasteiger partial charge in [0.2, 0.25) is 11.9 Å². The molecule has 33 heavy (non-hydrogen) atoms. The number of amides is 1. The second-order valence-electron chi connectivity index (χ2n) is 7.75. The van der Waals surface area contributed by atoms with E-state index >= 15 is 0 Å². The predicted octanol–water partition coefficient (Wildman–Crippen LogP) is 5.20. The summed E-state index contributed by atoms with van der Waals surface area (Å²) in [5.41, 5.74) is 3.21. The van der Waals surface area contributed by atoms with Crippen LogP contribution in [0.15, 0.2) is 71.8 Å². The maximum Gasteiger partial charge on any atom is 0.234 e. The van der Waals surface area contributed by atoms with E-state index < -0.39 is 17.5 Å². The highest BCUT2D eigenvalue weighted by atomic mass is 32.2. The Morgan fingerprint density at radius 2 is 1.79 bits per heavy atom. The van der Waals surface area contributed by atoms with Crippen molar-refractivity contribution in [3.8, 4) is 0 Å². The van der Waals surface area contributed by atoms with E-state index in [9.17, 15) is 13.6 Å². The van der Waals surface area contributed by atoms with Crippen molar-refractivity contribution in [1.82, 2.24) is 9.97 Å². The molecule has 3 aromatic carbocycles. The zero-order valence-electron chi connectivity index (χ0n) is 17.6. The lowest BCUT2D eigenvalue weighted by Gasteiger charge is -2.29. The number of nitrogens with one attached hydrogen (secondary N) is 1. The SMILES string of the molecule is O=C(CSc1nc(N2CCc3ccccc3C2)nc2ccccc12)Nc1cc(F)ccc1F. The number of benzene rings is 3. The van der Waals surface area contributed by atoms with Crippen LogP contribution in [0.3, 0.4) is 0 Å². The fourth-order valence-corrected chi connectivity index (χ4v) is 4.68. The van der Waals surface area contributed by atoms with Crippen molar-refractivity contribution in [2.75, 3.05) is 22.5 Å². The Labute approximate surface area is 193 Å². The number of anilines is 2. The number of fused-ring (bicyclic) bond motifs is 2. The molecule has 1 N–H and O–H groups in total. The highest BCUT2D eigenvalue weighted by Gasteiger charge is 2.20. The van der Waals surface area contributed by atoms with Crippen LogP contribution in [0.4, 0.5) is 20.4 Å². The average molecular weight is 463 g/mol. The smallest absolute Gasteiger partial charge is 0.234 e. The highest BCUT2D eigenvalue weighted by Crippen LogP contribution is 2.30. The van der Waals surface area contributed by atoms with Crippen molar-refractivity contribution >= 4 is 40.2 Å². The molecular formula is C25H20F2N4OS. The minimum absolute atomic E-state index is 0.000760. The van der Waals surface area contributed by atoms with E-state index in [1.165, 1.54) is 22.9 Å². The van der Waals surface area contributed by atoms with Crippen molar-refractivity contribution in [3.05, 3.63) is 89.5 Å². The number of nitrogens with zero attached hydrogens (tertiary/aromatic N) is 3. The quantitative estimate of drug-likeness (QED) is 0.326. The summed E-state index contributed by atoms with van der Waals surface area (Å²) in [5.74, 6) is -1.13. The van der Waals surface area contributed by atoms with Crippen molar-refractivity contribution in [2.24, 2.45) is 0 Å². The Kier molecular flexibility index (Phi) is 5.92. The standard InChI is InChI=1S/C25H20F2N4OS/c26-18-9-10-20(27)22(13-18)28-23(32)15-33-24-19-7-3-4-8-21(19)29-25(30-24)31-12-11-16-5-1-2-6-17(16)14-31/h1-10,13H,11-12,14-15H2,(H,28,32). The summed E-state index contributed by atoms with van der Waals surface area (Å²) in [7, 11) is 0. The molecule has 1 aromatic heterocycles. The van der Waals surface area contributed by atoms with Crippen LogP contribution >= 0.6 is 11.8 Å². The molecule has 1 aliphatic rings. The number of thioether (sulfide) groups is 1. The summed E-state index contributed by atoms with van der Waals surface area (Å²) in [4.78, 5) is 24.1. The van der Waals surface area contributed by atoms with E-state index in [0.29, 0.717) is 11.0 Å². The van der Waals surface area contributed by atoms with Gasteiger partial charge in [-0.25, -0.2) is 18.7 Å². The highest BCUT2D eigenvalue weighted by molar-refractivity contribution is 8.00. The molecule has 0 aliphatic carbocycles. The molecule has 1 amide bonds. The van der Waals surface area contributed by atoms with E-state index in [1.807, 2.05) is 30.3 Å². The van der Waals surface area contributed by atoms with E-state index in [4.69, 9.17) is 9.97 Å². The maximum absolute atomic E-state index is 13.9. The van der Waals surface area contributed by atoms with Crippen LogP contribution in [0.2, 0.25) is 0 Å². The van der Waals surface area contributed by atoms with Crippen LogP contribution in [0.25, 0.3) is 10.9 Å². The zero-order chi connectivity index (χ0) is 22.8. The Morgan fingerprint density at radius 1 is 1.00 bits per heavy atom. The first-order valence-corrected chi connectivity index (χ1v) is 11.5. The Bertz CT molecular complexity index is 1350. The summed E-state index contributed by atoms with van der Waals surface area (Å²) >= 11 is 1.25.